The van der Waals surface area contributed by atoms with Gasteiger partial charge in [0.1, 0.15) is 0 Å². The van der Waals surface area contributed by atoms with E-state index in [1.807, 2.05) is 6.07 Å². The smallest absolute Gasteiger partial charge is 0.157 e. The zero-order valence-corrected chi connectivity index (χ0v) is 10.6. The van der Waals surface area contributed by atoms with Gasteiger partial charge in [-0.3, -0.25) is 0 Å². The summed E-state index contributed by atoms with van der Waals surface area (Å²) in [6.07, 6.45) is 0. The van der Waals surface area contributed by atoms with Crippen molar-refractivity contribution in [3.63, 3.8) is 0 Å². The zero-order chi connectivity index (χ0) is 13.8. The van der Waals surface area contributed by atoms with Crippen molar-refractivity contribution in [3.05, 3.63) is 52.5 Å². The van der Waals surface area contributed by atoms with Crippen LogP contribution in [0.1, 0.15) is 11.1 Å². The number of nitrogens with zero attached hydrogens (tertiary/aromatic N) is 1. The highest BCUT2D eigenvalue weighted by atomic mass is 35.5. The summed E-state index contributed by atoms with van der Waals surface area (Å²) in [4.78, 5) is 0. The summed E-state index contributed by atoms with van der Waals surface area (Å²) in [7, 11) is 0. The van der Waals surface area contributed by atoms with Crippen molar-refractivity contribution in [3.8, 4) is 17.6 Å². The Bertz CT molecular complexity index is 650. The monoisotopic (exact) mass is 274 g/mol. The average molecular weight is 275 g/mol. The summed E-state index contributed by atoms with van der Waals surface area (Å²) in [5, 5.41) is 31.0. The Balaban J connectivity index is 2.14. The topological polar surface area (TPSA) is 76.3 Å². The second-order valence-electron chi connectivity index (χ2n) is 3.98. The molecule has 4 nitrogen and oxygen atoms in total. The van der Waals surface area contributed by atoms with Crippen molar-refractivity contribution in [2.45, 2.75) is 6.54 Å². The number of rotatable bonds is 3. The Morgan fingerprint density at radius 2 is 1.89 bits per heavy atom. The minimum atomic E-state index is -0.170. The van der Waals surface area contributed by atoms with Crippen LogP contribution < -0.4 is 5.32 Å². The van der Waals surface area contributed by atoms with Crippen LogP contribution in [0.5, 0.6) is 11.5 Å². The average Bonchev–Trinajstić information content (AvgIpc) is 2.41. The van der Waals surface area contributed by atoms with E-state index in [2.05, 4.69) is 5.32 Å². The largest absolute Gasteiger partial charge is 0.504 e. The predicted octanol–water partition coefficient (Wildman–Crippen LogP) is 3.23. The van der Waals surface area contributed by atoms with Gasteiger partial charge in [-0.1, -0.05) is 17.7 Å². The van der Waals surface area contributed by atoms with Crippen LogP contribution in [0.3, 0.4) is 0 Å². The Hall–Kier alpha value is -2.38. The van der Waals surface area contributed by atoms with E-state index in [0.717, 1.165) is 5.56 Å². The fourth-order valence-corrected chi connectivity index (χ4v) is 1.79. The van der Waals surface area contributed by atoms with Gasteiger partial charge in [-0.2, -0.15) is 5.26 Å². The SMILES string of the molecule is N#Cc1ccc(Cl)c(NCc2ccc(O)c(O)c2)c1. The van der Waals surface area contributed by atoms with Crippen molar-refractivity contribution >= 4 is 17.3 Å². The molecule has 0 atom stereocenters. The van der Waals surface area contributed by atoms with E-state index in [9.17, 15) is 10.2 Å². The normalized spacial score (nSPS) is 9.89. The van der Waals surface area contributed by atoms with Crippen molar-refractivity contribution < 1.29 is 10.2 Å². The van der Waals surface area contributed by atoms with E-state index in [-0.39, 0.29) is 11.5 Å². The maximum absolute atomic E-state index is 9.39. The van der Waals surface area contributed by atoms with Gasteiger partial charge in [0, 0.05) is 6.54 Å². The molecule has 0 bridgehead atoms. The molecule has 3 N–H and O–H groups in total. The number of phenols is 2. The second kappa shape index (κ2) is 5.51. The lowest BCUT2D eigenvalue weighted by Crippen LogP contribution is -2.00. The molecule has 2 rings (SSSR count). The van der Waals surface area contributed by atoms with Gasteiger partial charge < -0.3 is 15.5 Å². The summed E-state index contributed by atoms with van der Waals surface area (Å²) >= 11 is 6.01. The molecule has 2 aromatic rings. The molecule has 5 heteroatoms. The lowest BCUT2D eigenvalue weighted by molar-refractivity contribution is 0.403. The zero-order valence-electron chi connectivity index (χ0n) is 9.89. The highest BCUT2D eigenvalue weighted by Crippen LogP contribution is 2.27. The maximum atomic E-state index is 9.39. The number of aromatic hydroxyl groups is 2. The lowest BCUT2D eigenvalue weighted by Gasteiger charge is -2.09. The molecule has 0 spiro atoms. The van der Waals surface area contributed by atoms with Gasteiger partial charge in [0.15, 0.2) is 11.5 Å². The van der Waals surface area contributed by atoms with Crippen LogP contribution in [-0.2, 0) is 6.54 Å². The van der Waals surface area contributed by atoms with E-state index >= 15 is 0 Å². The standard InChI is InChI=1S/C14H11ClN2O2/c15-11-3-1-9(7-16)5-12(11)17-8-10-2-4-13(18)14(19)6-10/h1-6,17-19H,8H2. The predicted molar refractivity (Wildman–Crippen MR) is 73.3 cm³/mol. The van der Waals surface area contributed by atoms with Gasteiger partial charge in [-0.25, -0.2) is 0 Å². The van der Waals surface area contributed by atoms with Crippen LogP contribution in [0.2, 0.25) is 5.02 Å². The quantitative estimate of drug-likeness (QED) is 0.751. The van der Waals surface area contributed by atoms with Gasteiger partial charge in [-0.05, 0) is 35.9 Å². The molecule has 0 aromatic heterocycles. The lowest BCUT2D eigenvalue weighted by atomic mass is 10.2. The second-order valence-corrected chi connectivity index (χ2v) is 4.39. The molecule has 0 aliphatic heterocycles. The van der Waals surface area contributed by atoms with Gasteiger partial charge in [0.25, 0.3) is 0 Å². The van der Waals surface area contributed by atoms with Crippen LogP contribution in [0.25, 0.3) is 0 Å². The Morgan fingerprint density at radius 1 is 1.11 bits per heavy atom. The van der Waals surface area contributed by atoms with E-state index in [0.29, 0.717) is 22.8 Å². The third kappa shape index (κ3) is 3.09. The molecule has 96 valence electrons. The number of halogens is 1. The van der Waals surface area contributed by atoms with Crippen molar-refractivity contribution in [1.29, 1.82) is 5.26 Å². The van der Waals surface area contributed by atoms with Crippen molar-refractivity contribution in [2.75, 3.05) is 5.32 Å². The summed E-state index contributed by atoms with van der Waals surface area (Å²) in [5.41, 5.74) is 1.95. The molecular formula is C14H11ClN2O2. The maximum Gasteiger partial charge on any atom is 0.157 e. The van der Waals surface area contributed by atoms with Gasteiger partial charge in [0.2, 0.25) is 0 Å². The molecule has 0 saturated heterocycles. The first-order valence-corrected chi connectivity index (χ1v) is 5.92. The van der Waals surface area contributed by atoms with E-state index in [1.165, 1.54) is 12.1 Å². The number of hydrogen-bond acceptors (Lipinski definition) is 4. The molecule has 0 fully saturated rings. The van der Waals surface area contributed by atoms with Crippen molar-refractivity contribution in [1.82, 2.24) is 0 Å². The van der Waals surface area contributed by atoms with E-state index in [4.69, 9.17) is 16.9 Å². The number of benzene rings is 2. The first-order chi connectivity index (χ1) is 9.10. The molecule has 19 heavy (non-hydrogen) atoms. The molecule has 0 saturated carbocycles. The Morgan fingerprint density at radius 3 is 2.58 bits per heavy atom. The molecule has 0 radical (unpaired) electrons. The van der Waals surface area contributed by atoms with Crippen LogP contribution >= 0.6 is 11.6 Å². The van der Waals surface area contributed by atoms with Crippen LogP contribution in [0, 0.1) is 11.3 Å². The van der Waals surface area contributed by atoms with Gasteiger partial charge >= 0.3 is 0 Å². The molecule has 0 aliphatic carbocycles. The fraction of sp³-hybridized carbons (Fsp3) is 0.0714. The third-order valence-corrected chi connectivity index (χ3v) is 2.95. The molecule has 0 heterocycles. The minimum absolute atomic E-state index is 0.159. The first kappa shape index (κ1) is 13.1. The fourth-order valence-electron chi connectivity index (χ4n) is 1.61. The number of anilines is 1. The highest BCUT2D eigenvalue weighted by molar-refractivity contribution is 6.33. The molecule has 0 amide bonds. The minimum Gasteiger partial charge on any atom is -0.504 e. The summed E-state index contributed by atoms with van der Waals surface area (Å²) in [6, 6.07) is 11.5. The molecular weight excluding hydrogens is 264 g/mol. The Kier molecular flexibility index (Phi) is 3.79. The number of nitrogens with one attached hydrogen (secondary N) is 1. The number of phenolic OH excluding ortho intramolecular Hbond substituents is 2. The molecule has 0 unspecified atom stereocenters. The summed E-state index contributed by atoms with van der Waals surface area (Å²) < 4.78 is 0. The third-order valence-electron chi connectivity index (χ3n) is 2.62. The van der Waals surface area contributed by atoms with E-state index < -0.39 is 0 Å². The first-order valence-electron chi connectivity index (χ1n) is 5.54. The summed E-state index contributed by atoms with van der Waals surface area (Å²) in [6.45, 7) is 0.419. The van der Waals surface area contributed by atoms with Crippen molar-refractivity contribution in [2.24, 2.45) is 0 Å². The van der Waals surface area contributed by atoms with E-state index in [1.54, 1.807) is 24.3 Å². The van der Waals surface area contributed by atoms with Crippen LogP contribution in [-0.4, -0.2) is 10.2 Å². The molecule has 0 aliphatic rings. The number of nitriles is 1. The number of hydrogen-bond donors (Lipinski definition) is 3. The molecule has 2 aromatic carbocycles. The Labute approximate surface area is 115 Å². The highest BCUT2D eigenvalue weighted by Gasteiger charge is 2.04. The van der Waals surface area contributed by atoms with Gasteiger partial charge in [0.05, 0.1) is 22.3 Å². The van der Waals surface area contributed by atoms with Crippen LogP contribution in [0.4, 0.5) is 5.69 Å². The van der Waals surface area contributed by atoms with Crippen LogP contribution in [0.15, 0.2) is 36.4 Å². The van der Waals surface area contributed by atoms with Gasteiger partial charge in [-0.15, -0.1) is 0 Å². The summed E-state index contributed by atoms with van der Waals surface area (Å²) in [5.74, 6) is -0.329.